The van der Waals surface area contributed by atoms with E-state index in [9.17, 15) is 13.2 Å². The molecule has 0 fully saturated rings. The van der Waals surface area contributed by atoms with Crippen LogP contribution in [-0.4, -0.2) is 13.9 Å². The van der Waals surface area contributed by atoms with Crippen LogP contribution in [0.3, 0.4) is 0 Å². The Kier molecular flexibility index (Phi) is 15.2. The molecule has 0 bridgehead atoms. The summed E-state index contributed by atoms with van der Waals surface area (Å²) < 4.78 is 31.5. The van der Waals surface area contributed by atoms with E-state index in [0.717, 1.165) is 5.56 Å². The highest BCUT2D eigenvalue weighted by atomic mass is 19.1. The van der Waals surface area contributed by atoms with Gasteiger partial charge >= 0.3 is 0 Å². The van der Waals surface area contributed by atoms with Crippen molar-refractivity contribution in [3.8, 4) is 0 Å². The topological polar surface area (TPSA) is 0 Å². The molecule has 0 atom stereocenters. The number of hydrogen-bond donors (Lipinski definition) is 0. The van der Waals surface area contributed by atoms with E-state index in [0.29, 0.717) is 7.18 Å². The van der Waals surface area contributed by atoms with E-state index >= 15 is 0 Å². The van der Waals surface area contributed by atoms with Crippen molar-refractivity contribution in [2.24, 2.45) is 0 Å². The predicted molar refractivity (Wildman–Crippen MR) is 49.9 cm³/mol. The van der Waals surface area contributed by atoms with Gasteiger partial charge in [-0.2, -0.15) is 0 Å². The summed E-state index contributed by atoms with van der Waals surface area (Å²) in [7, 11) is 0.500. The molecular weight excluding hydrogens is 177 g/mol. The largest absolute Gasteiger partial charge is 0.255 e. The first-order valence-corrected chi connectivity index (χ1v) is 3.88. The molecule has 0 saturated heterocycles. The van der Waals surface area contributed by atoms with Crippen LogP contribution in [0, 0.1) is 0 Å². The van der Waals surface area contributed by atoms with Gasteiger partial charge in [-0.15, -0.1) is 0 Å². The Labute approximate surface area is 77.4 Å². The number of rotatable bonds is 1. The van der Waals surface area contributed by atoms with Gasteiger partial charge in [0, 0.05) is 0 Å². The molecule has 1 aromatic rings. The highest BCUT2D eigenvalue weighted by Gasteiger charge is 1.82. The highest BCUT2D eigenvalue weighted by molar-refractivity contribution is 5.13. The van der Waals surface area contributed by atoms with Gasteiger partial charge in [-0.3, -0.25) is 8.78 Å². The van der Waals surface area contributed by atoms with Crippen LogP contribution < -0.4 is 0 Å². The molecule has 0 aliphatic heterocycles. The van der Waals surface area contributed by atoms with E-state index in [4.69, 9.17) is 0 Å². The predicted octanol–water partition coefficient (Wildman–Crippen LogP) is 3.72. The average Bonchev–Trinajstić information content (AvgIpc) is 2.23. The van der Waals surface area contributed by atoms with Gasteiger partial charge in [0.15, 0.2) is 0 Å². The summed E-state index contributed by atoms with van der Waals surface area (Å²) >= 11 is 0. The summed E-state index contributed by atoms with van der Waals surface area (Å²) in [6.45, 7) is 0.848. The number of alkyl halides is 3. The minimum absolute atomic E-state index is 0.250. The lowest BCUT2D eigenvalue weighted by Gasteiger charge is -1.87. The first-order valence-electron chi connectivity index (χ1n) is 3.88. The second kappa shape index (κ2) is 13.6. The van der Waals surface area contributed by atoms with Gasteiger partial charge in [-0.25, -0.2) is 4.39 Å². The summed E-state index contributed by atoms with van der Waals surface area (Å²) in [5.74, 6) is 0. The fraction of sp³-hybridized carbons (Fsp3) is 0.400. The Morgan fingerprint density at radius 3 is 1.62 bits per heavy atom. The summed E-state index contributed by atoms with van der Waals surface area (Å²) in [6.07, 6.45) is 0. The van der Waals surface area contributed by atoms with Crippen LogP contribution in [0.2, 0.25) is 0 Å². The van der Waals surface area contributed by atoms with E-state index in [2.05, 4.69) is 0 Å². The molecule has 0 unspecified atom stereocenters. The van der Waals surface area contributed by atoms with Crippen LogP contribution in [0.15, 0.2) is 30.3 Å². The number of benzene rings is 1. The van der Waals surface area contributed by atoms with Crippen molar-refractivity contribution in [1.29, 1.82) is 0 Å². The van der Waals surface area contributed by atoms with Crippen LogP contribution in [0.1, 0.15) is 12.5 Å². The third kappa shape index (κ3) is 11.0. The van der Waals surface area contributed by atoms with Gasteiger partial charge in [0.25, 0.3) is 0 Å². The second-order valence-electron chi connectivity index (χ2n) is 1.89. The lowest BCUT2D eigenvalue weighted by molar-refractivity contribution is 0.485. The Hall–Kier alpha value is -0.990. The van der Waals surface area contributed by atoms with E-state index in [1.165, 1.54) is 6.92 Å². The summed E-state index contributed by atoms with van der Waals surface area (Å²) in [5, 5.41) is 0. The van der Waals surface area contributed by atoms with Gasteiger partial charge in [0.2, 0.25) is 0 Å². The number of hydrogen-bond acceptors (Lipinski definition) is 0. The SMILES string of the molecule is CCF.CF.FCc1ccccc1. The van der Waals surface area contributed by atoms with Crippen LogP contribution in [0.5, 0.6) is 0 Å². The molecule has 13 heavy (non-hydrogen) atoms. The maximum Gasteiger partial charge on any atom is 0.115 e. The molecule has 0 aromatic heterocycles. The van der Waals surface area contributed by atoms with Gasteiger partial charge < -0.3 is 0 Å². The first-order chi connectivity index (χ1) is 6.35. The Balaban J connectivity index is 0. The zero-order valence-corrected chi connectivity index (χ0v) is 7.93. The van der Waals surface area contributed by atoms with E-state index in [-0.39, 0.29) is 13.3 Å². The van der Waals surface area contributed by atoms with E-state index in [1.807, 2.05) is 18.2 Å². The van der Waals surface area contributed by atoms with E-state index < -0.39 is 0 Å². The third-order valence-electron chi connectivity index (χ3n) is 0.997. The lowest BCUT2D eigenvalue weighted by Crippen LogP contribution is -1.72. The van der Waals surface area contributed by atoms with Crippen molar-refractivity contribution in [2.75, 3.05) is 13.9 Å². The van der Waals surface area contributed by atoms with Gasteiger partial charge in [-0.1, -0.05) is 30.3 Å². The fourth-order valence-corrected chi connectivity index (χ4v) is 0.567. The normalized spacial score (nSPS) is 7.46. The molecule has 0 spiro atoms. The Morgan fingerprint density at radius 2 is 1.38 bits per heavy atom. The molecule has 0 saturated carbocycles. The Bertz CT molecular complexity index is 163. The molecule has 0 nitrogen and oxygen atoms in total. The van der Waals surface area contributed by atoms with Crippen molar-refractivity contribution in [3.05, 3.63) is 35.9 Å². The summed E-state index contributed by atoms with van der Waals surface area (Å²) in [4.78, 5) is 0. The average molecular weight is 192 g/mol. The molecular formula is C10H15F3. The van der Waals surface area contributed by atoms with Gasteiger partial charge in [0.1, 0.15) is 6.67 Å². The number of halogens is 3. The minimum atomic E-state index is -0.360. The van der Waals surface area contributed by atoms with Gasteiger partial charge in [0.05, 0.1) is 13.9 Å². The van der Waals surface area contributed by atoms with Crippen molar-refractivity contribution in [3.63, 3.8) is 0 Å². The third-order valence-corrected chi connectivity index (χ3v) is 0.997. The molecule has 0 N–H and O–H groups in total. The smallest absolute Gasteiger partial charge is 0.115 e. The summed E-state index contributed by atoms with van der Waals surface area (Å²) in [5.41, 5.74) is 0.743. The molecule has 0 aliphatic carbocycles. The van der Waals surface area contributed by atoms with Crippen molar-refractivity contribution in [2.45, 2.75) is 13.6 Å². The quantitative estimate of drug-likeness (QED) is 0.636. The lowest BCUT2D eigenvalue weighted by atomic mass is 10.2. The molecule has 1 rings (SSSR count). The minimum Gasteiger partial charge on any atom is -0.255 e. The van der Waals surface area contributed by atoms with Crippen LogP contribution in [0.4, 0.5) is 13.2 Å². The van der Waals surface area contributed by atoms with Crippen molar-refractivity contribution in [1.82, 2.24) is 0 Å². The molecule has 0 aliphatic rings. The second-order valence-corrected chi connectivity index (χ2v) is 1.89. The zero-order valence-electron chi connectivity index (χ0n) is 7.93. The Morgan fingerprint density at radius 1 is 1.00 bits per heavy atom. The maximum absolute atomic E-state index is 11.7. The standard InChI is InChI=1S/C7H7F.C2H5F.CH3F/c8-6-7-4-2-1-3-5-7;1-2-3;1-2/h1-5H,6H2;2H2,1H3;1H3. The van der Waals surface area contributed by atoms with Crippen LogP contribution in [-0.2, 0) is 6.67 Å². The van der Waals surface area contributed by atoms with Crippen molar-refractivity contribution >= 4 is 0 Å². The maximum atomic E-state index is 11.7. The monoisotopic (exact) mass is 192 g/mol. The van der Waals surface area contributed by atoms with E-state index in [1.54, 1.807) is 12.1 Å². The molecule has 3 heteroatoms. The van der Waals surface area contributed by atoms with Gasteiger partial charge in [-0.05, 0) is 12.5 Å². The molecule has 0 radical (unpaired) electrons. The summed E-state index contributed by atoms with van der Waals surface area (Å²) in [6, 6.07) is 9.06. The zero-order chi connectivity index (χ0) is 10.5. The molecule has 1 aromatic carbocycles. The van der Waals surface area contributed by atoms with Crippen molar-refractivity contribution < 1.29 is 13.2 Å². The first kappa shape index (κ1) is 14.5. The molecule has 0 heterocycles. The highest BCUT2D eigenvalue weighted by Crippen LogP contribution is 1.98. The fourth-order valence-electron chi connectivity index (χ4n) is 0.567. The van der Waals surface area contributed by atoms with Crippen LogP contribution >= 0.6 is 0 Å². The molecule has 0 amide bonds. The van der Waals surface area contributed by atoms with Crippen LogP contribution in [0.25, 0.3) is 0 Å². The molecule has 76 valence electrons.